The van der Waals surface area contributed by atoms with Crippen molar-refractivity contribution in [1.82, 2.24) is 9.80 Å². The van der Waals surface area contributed by atoms with Gasteiger partial charge in [-0.1, -0.05) is 11.8 Å². The Morgan fingerprint density at radius 1 is 1.30 bits per heavy atom. The average molecular weight is 302 g/mol. The van der Waals surface area contributed by atoms with Gasteiger partial charge in [-0.2, -0.15) is 0 Å². The van der Waals surface area contributed by atoms with Crippen LogP contribution < -0.4 is 5.73 Å². The number of carbonyl (C=O) groups excluding carboxylic acids is 1. The monoisotopic (exact) mass is 302 g/mol. The van der Waals surface area contributed by atoms with Crippen LogP contribution in [0.3, 0.4) is 0 Å². The predicted octanol–water partition coefficient (Wildman–Crippen LogP) is 1.56. The summed E-state index contributed by atoms with van der Waals surface area (Å²) in [5.41, 5.74) is 4.86. The van der Waals surface area contributed by atoms with E-state index in [1.54, 1.807) is 4.90 Å². The first kappa shape index (κ1) is 17.1. The first-order valence-electron chi connectivity index (χ1n) is 6.95. The second-order valence-electron chi connectivity index (χ2n) is 5.88. The summed E-state index contributed by atoms with van der Waals surface area (Å²) in [4.78, 5) is 16.0. The van der Waals surface area contributed by atoms with Crippen molar-refractivity contribution in [3.63, 3.8) is 0 Å². The second kappa shape index (κ2) is 7.73. The lowest BCUT2D eigenvalue weighted by Crippen LogP contribution is -2.50. The number of nitrogens with zero attached hydrogens (tertiary/aromatic N) is 2. The summed E-state index contributed by atoms with van der Waals surface area (Å²) in [6.45, 7) is 9.83. The zero-order valence-corrected chi connectivity index (χ0v) is 13.5. The summed E-state index contributed by atoms with van der Waals surface area (Å²) in [5, 5.41) is 7.31. The molecule has 20 heavy (non-hydrogen) atoms. The Hall–Kier alpha value is -0.950. The summed E-state index contributed by atoms with van der Waals surface area (Å²) in [6, 6.07) is 0. The van der Waals surface area contributed by atoms with Crippen LogP contribution in [0.5, 0.6) is 0 Å². The van der Waals surface area contributed by atoms with Crippen LogP contribution in [-0.4, -0.2) is 65.1 Å². The lowest BCUT2D eigenvalue weighted by atomic mass is 10.2. The molecule has 7 heteroatoms. The average Bonchev–Trinajstić information content (AvgIpc) is 2.33. The number of amidine groups is 1. The zero-order chi connectivity index (χ0) is 15.2. The normalized spacial score (nSPS) is 17.1. The molecule has 1 fully saturated rings. The highest BCUT2D eigenvalue weighted by molar-refractivity contribution is 8.13. The number of nitrogens with one attached hydrogen (secondary N) is 1. The molecule has 6 nitrogen and oxygen atoms in total. The van der Waals surface area contributed by atoms with Crippen molar-refractivity contribution in [3.05, 3.63) is 0 Å². The fourth-order valence-electron chi connectivity index (χ4n) is 1.95. The third-order valence-electron chi connectivity index (χ3n) is 2.90. The van der Waals surface area contributed by atoms with Gasteiger partial charge in [0, 0.05) is 31.9 Å². The molecule has 0 aromatic carbocycles. The smallest absolute Gasteiger partial charge is 0.410 e. The Bertz CT molecular complexity index is 336. The molecule has 116 valence electrons. The van der Waals surface area contributed by atoms with Gasteiger partial charge in [0.25, 0.3) is 0 Å². The van der Waals surface area contributed by atoms with Crippen LogP contribution >= 0.6 is 11.8 Å². The van der Waals surface area contributed by atoms with E-state index in [4.69, 9.17) is 15.9 Å². The Morgan fingerprint density at radius 2 is 1.90 bits per heavy atom. The van der Waals surface area contributed by atoms with E-state index in [2.05, 4.69) is 4.90 Å². The number of amides is 1. The number of hydrogen-bond donors (Lipinski definition) is 2. The summed E-state index contributed by atoms with van der Waals surface area (Å²) < 4.78 is 5.36. The quantitative estimate of drug-likeness (QED) is 0.468. The summed E-state index contributed by atoms with van der Waals surface area (Å²) in [5.74, 6) is 0.877. The molecule has 0 spiro atoms. The first-order valence-corrected chi connectivity index (χ1v) is 7.93. The maximum atomic E-state index is 11.9. The Kier molecular flexibility index (Phi) is 6.61. The van der Waals surface area contributed by atoms with Gasteiger partial charge in [0.05, 0.1) is 0 Å². The first-order chi connectivity index (χ1) is 9.28. The van der Waals surface area contributed by atoms with Crippen molar-refractivity contribution in [2.45, 2.75) is 32.8 Å². The maximum Gasteiger partial charge on any atom is 0.410 e. The number of carbonyl (C=O) groups is 1. The minimum absolute atomic E-state index is 0.180. The van der Waals surface area contributed by atoms with Gasteiger partial charge in [-0.3, -0.25) is 10.3 Å². The molecule has 0 aromatic heterocycles. The molecule has 1 aliphatic heterocycles. The van der Waals surface area contributed by atoms with Gasteiger partial charge in [0.2, 0.25) is 0 Å². The second-order valence-corrected chi connectivity index (χ2v) is 7.01. The molecular formula is C13H26N4O2S. The SMILES string of the molecule is CC(C)(C)OC(=O)N1CCN(CCCSC(=N)N)CC1. The molecule has 1 aliphatic rings. The van der Waals surface area contributed by atoms with Crippen LogP contribution in [0.4, 0.5) is 4.79 Å². The van der Waals surface area contributed by atoms with E-state index in [9.17, 15) is 4.79 Å². The number of hydrogen-bond acceptors (Lipinski definition) is 5. The molecule has 0 radical (unpaired) electrons. The van der Waals surface area contributed by atoms with E-state index in [1.807, 2.05) is 20.8 Å². The van der Waals surface area contributed by atoms with Crippen molar-refractivity contribution in [2.24, 2.45) is 5.73 Å². The van der Waals surface area contributed by atoms with Crippen molar-refractivity contribution in [3.8, 4) is 0 Å². The molecule has 0 aromatic rings. The van der Waals surface area contributed by atoms with E-state index in [0.29, 0.717) is 0 Å². The minimum Gasteiger partial charge on any atom is -0.444 e. The van der Waals surface area contributed by atoms with E-state index in [0.717, 1.165) is 44.9 Å². The van der Waals surface area contributed by atoms with Crippen LogP contribution in [-0.2, 0) is 4.74 Å². The van der Waals surface area contributed by atoms with E-state index in [-0.39, 0.29) is 11.3 Å². The van der Waals surface area contributed by atoms with Gasteiger partial charge in [-0.25, -0.2) is 4.79 Å². The standard InChI is InChI=1S/C13H26N4O2S/c1-13(2,3)19-12(18)17-8-6-16(7-9-17)5-4-10-20-11(14)15/h4-10H2,1-3H3,(H3,14,15). The Morgan fingerprint density at radius 3 is 2.40 bits per heavy atom. The Balaban J connectivity index is 2.19. The highest BCUT2D eigenvalue weighted by Crippen LogP contribution is 2.12. The lowest BCUT2D eigenvalue weighted by molar-refractivity contribution is 0.0146. The molecule has 1 saturated heterocycles. The van der Waals surface area contributed by atoms with Crippen molar-refractivity contribution >= 4 is 23.0 Å². The highest BCUT2D eigenvalue weighted by Gasteiger charge is 2.25. The van der Waals surface area contributed by atoms with Crippen LogP contribution in [0.1, 0.15) is 27.2 Å². The summed E-state index contributed by atoms with van der Waals surface area (Å²) in [7, 11) is 0. The fourth-order valence-corrected chi connectivity index (χ4v) is 2.44. The molecule has 0 aliphatic carbocycles. The van der Waals surface area contributed by atoms with Gasteiger partial charge >= 0.3 is 6.09 Å². The van der Waals surface area contributed by atoms with Gasteiger partial charge in [-0.05, 0) is 33.7 Å². The maximum absolute atomic E-state index is 11.9. The van der Waals surface area contributed by atoms with E-state index < -0.39 is 5.60 Å². The number of ether oxygens (including phenoxy) is 1. The molecule has 0 atom stereocenters. The third-order valence-corrected chi connectivity index (χ3v) is 3.70. The predicted molar refractivity (Wildman–Crippen MR) is 83.2 cm³/mol. The van der Waals surface area contributed by atoms with Crippen LogP contribution in [0.15, 0.2) is 0 Å². The molecule has 0 unspecified atom stereocenters. The molecule has 1 amide bonds. The largest absolute Gasteiger partial charge is 0.444 e. The minimum atomic E-state index is -0.432. The molecule has 1 rings (SSSR count). The van der Waals surface area contributed by atoms with Crippen LogP contribution in [0.2, 0.25) is 0 Å². The van der Waals surface area contributed by atoms with Crippen LogP contribution in [0, 0.1) is 5.41 Å². The molecular weight excluding hydrogens is 276 g/mol. The number of piperazine rings is 1. The van der Waals surface area contributed by atoms with Gasteiger partial charge in [-0.15, -0.1) is 0 Å². The number of rotatable bonds is 4. The highest BCUT2D eigenvalue weighted by atomic mass is 32.2. The van der Waals surface area contributed by atoms with Gasteiger partial charge in [0.15, 0.2) is 5.17 Å². The number of thioether (sulfide) groups is 1. The Labute approximate surface area is 125 Å². The fraction of sp³-hybridized carbons (Fsp3) is 0.846. The van der Waals surface area contributed by atoms with E-state index >= 15 is 0 Å². The summed E-state index contributed by atoms with van der Waals surface area (Å²) >= 11 is 1.38. The molecule has 0 bridgehead atoms. The van der Waals surface area contributed by atoms with Gasteiger partial charge in [0.1, 0.15) is 5.60 Å². The zero-order valence-electron chi connectivity index (χ0n) is 12.6. The van der Waals surface area contributed by atoms with Crippen molar-refractivity contribution in [2.75, 3.05) is 38.5 Å². The van der Waals surface area contributed by atoms with Gasteiger partial charge < -0.3 is 15.4 Å². The van der Waals surface area contributed by atoms with Crippen molar-refractivity contribution in [1.29, 1.82) is 5.41 Å². The number of nitrogens with two attached hydrogens (primary N) is 1. The molecule has 0 saturated carbocycles. The van der Waals surface area contributed by atoms with E-state index in [1.165, 1.54) is 11.8 Å². The molecule has 3 N–H and O–H groups in total. The lowest BCUT2D eigenvalue weighted by Gasteiger charge is -2.35. The van der Waals surface area contributed by atoms with Crippen molar-refractivity contribution < 1.29 is 9.53 Å². The third kappa shape index (κ3) is 7.00. The topological polar surface area (TPSA) is 82.7 Å². The summed E-state index contributed by atoms with van der Waals surface area (Å²) in [6.07, 6.45) is 0.792. The van der Waals surface area contributed by atoms with Crippen LogP contribution in [0.25, 0.3) is 0 Å². The molecule has 1 heterocycles.